The van der Waals surface area contributed by atoms with E-state index in [0.29, 0.717) is 0 Å². The molecule has 0 aromatic heterocycles. The van der Waals surface area contributed by atoms with Gasteiger partial charge < -0.3 is 14.6 Å². The van der Waals surface area contributed by atoms with Crippen molar-refractivity contribution in [3.63, 3.8) is 0 Å². The van der Waals surface area contributed by atoms with Crippen molar-refractivity contribution in [3.8, 4) is 5.75 Å². The molecule has 0 saturated carbocycles. The Morgan fingerprint density at radius 1 is 1.61 bits per heavy atom. The van der Waals surface area contributed by atoms with Crippen LogP contribution in [0.5, 0.6) is 5.75 Å². The molecule has 0 radical (unpaired) electrons. The molecule has 0 aliphatic heterocycles. The molecule has 8 heteroatoms. The molecule has 1 unspecified atom stereocenters. The van der Waals surface area contributed by atoms with Crippen molar-refractivity contribution in [3.05, 3.63) is 33.3 Å². The van der Waals surface area contributed by atoms with Crippen LogP contribution in [-0.4, -0.2) is 35.8 Å². The second-order valence-electron chi connectivity index (χ2n) is 3.27. The molecule has 1 rings (SSSR count). The second kappa shape index (κ2) is 6.18. The van der Waals surface area contributed by atoms with Crippen molar-refractivity contribution in [2.75, 3.05) is 13.7 Å². The lowest BCUT2D eigenvalue weighted by Gasteiger charge is -2.14. The lowest BCUT2D eigenvalue weighted by atomic mass is 10.3. The SMILES string of the molecule is COCC(Oc1ccc([N+](=O)[O-])c(Cl)c1)C(=O)O. The van der Waals surface area contributed by atoms with Crippen LogP contribution in [0.1, 0.15) is 0 Å². The Bertz CT molecular complexity index is 464. The summed E-state index contributed by atoms with van der Waals surface area (Å²) in [5.41, 5.74) is -0.275. The highest BCUT2D eigenvalue weighted by Crippen LogP contribution is 2.28. The first-order valence-electron chi connectivity index (χ1n) is 4.78. The van der Waals surface area contributed by atoms with Crippen LogP contribution >= 0.6 is 11.6 Å². The standard InChI is InChI=1S/C10H10ClNO6/c1-17-5-9(10(13)14)18-6-2-3-8(12(15)16)7(11)4-6/h2-4,9H,5H2,1H3,(H,13,14). The van der Waals surface area contributed by atoms with Gasteiger partial charge in [-0.25, -0.2) is 4.79 Å². The maximum Gasteiger partial charge on any atom is 0.347 e. The number of rotatable bonds is 6. The maximum atomic E-state index is 10.8. The summed E-state index contributed by atoms with van der Waals surface area (Å²) in [5, 5.41) is 19.2. The average Bonchev–Trinajstić information content (AvgIpc) is 2.27. The molecule has 0 bridgehead atoms. The number of hydrogen-bond acceptors (Lipinski definition) is 5. The zero-order valence-corrected chi connectivity index (χ0v) is 10.1. The number of hydrogen-bond donors (Lipinski definition) is 1. The number of nitro groups is 1. The largest absolute Gasteiger partial charge is 0.478 e. The van der Waals surface area contributed by atoms with Gasteiger partial charge >= 0.3 is 5.97 Å². The average molecular weight is 276 g/mol. The number of nitro benzene ring substituents is 1. The third kappa shape index (κ3) is 3.57. The van der Waals surface area contributed by atoms with E-state index in [4.69, 9.17) is 21.4 Å². The van der Waals surface area contributed by atoms with Crippen LogP contribution < -0.4 is 4.74 Å². The molecule has 1 atom stereocenters. The highest BCUT2D eigenvalue weighted by atomic mass is 35.5. The quantitative estimate of drug-likeness (QED) is 0.627. The number of benzene rings is 1. The molecule has 1 aromatic rings. The second-order valence-corrected chi connectivity index (χ2v) is 3.68. The van der Waals surface area contributed by atoms with Gasteiger partial charge in [0.25, 0.3) is 5.69 Å². The molecule has 0 spiro atoms. The Morgan fingerprint density at radius 2 is 2.28 bits per heavy atom. The van der Waals surface area contributed by atoms with E-state index in [-0.39, 0.29) is 23.1 Å². The van der Waals surface area contributed by atoms with Crippen molar-refractivity contribution in [2.24, 2.45) is 0 Å². The third-order valence-electron chi connectivity index (χ3n) is 1.99. The predicted octanol–water partition coefficient (Wildman–Crippen LogP) is 1.73. The molecule has 0 heterocycles. The van der Waals surface area contributed by atoms with E-state index in [2.05, 4.69) is 4.74 Å². The fourth-order valence-corrected chi connectivity index (χ4v) is 1.42. The molecule has 0 aliphatic carbocycles. The molecule has 0 aliphatic rings. The first kappa shape index (κ1) is 14.2. The van der Waals surface area contributed by atoms with Gasteiger partial charge in [-0.05, 0) is 6.07 Å². The first-order valence-corrected chi connectivity index (χ1v) is 5.16. The van der Waals surface area contributed by atoms with Gasteiger partial charge in [0, 0.05) is 19.2 Å². The van der Waals surface area contributed by atoms with Crippen LogP contribution in [0.3, 0.4) is 0 Å². The van der Waals surface area contributed by atoms with E-state index < -0.39 is 17.0 Å². The summed E-state index contributed by atoms with van der Waals surface area (Å²) in [6, 6.07) is 3.60. The summed E-state index contributed by atoms with van der Waals surface area (Å²) < 4.78 is 9.78. The van der Waals surface area contributed by atoms with Gasteiger partial charge in [-0.3, -0.25) is 10.1 Å². The van der Waals surface area contributed by atoms with Gasteiger partial charge in [0.15, 0.2) is 0 Å². The lowest BCUT2D eigenvalue weighted by Crippen LogP contribution is -2.31. The highest BCUT2D eigenvalue weighted by molar-refractivity contribution is 6.32. The van der Waals surface area contributed by atoms with E-state index in [0.717, 1.165) is 6.07 Å². The zero-order valence-electron chi connectivity index (χ0n) is 9.33. The molecule has 0 saturated heterocycles. The van der Waals surface area contributed by atoms with Gasteiger partial charge in [0.1, 0.15) is 10.8 Å². The first-order chi connectivity index (χ1) is 8.45. The number of carbonyl (C=O) groups is 1. The van der Waals surface area contributed by atoms with Crippen LogP contribution in [0.2, 0.25) is 5.02 Å². The molecule has 0 fully saturated rings. The van der Waals surface area contributed by atoms with E-state index in [1.165, 1.54) is 19.2 Å². The zero-order chi connectivity index (χ0) is 13.7. The summed E-state index contributed by atoms with van der Waals surface area (Å²) in [4.78, 5) is 20.7. The van der Waals surface area contributed by atoms with Gasteiger partial charge in [-0.1, -0.05) is 11.6 Å². The predicted molar refractivity (Wildman–Crippen MR) is 62.0 cm³/mol. The van der Waals surface area contributed by atoms with Crippen LogP contribution in [0.25, 0.3) is 0 Å². The number of carboxylic acids is 1. The summed E-state index contributed by atoms with van der Waals surface area (Å²) in [7, 11) is 1.34. The molecular formula is C10H10ClNO6. The molecule has 18 heavy (non-hydrogen) atoms. The Hall–Kier alpha value is -1.86. The van der Waals surface area contributed by atoms with E-state index in [1.54, 1.807) is 0 Å². The smallest absolute Gasteiger partial charge is 0.347 e. The Labute approximate surface area is 107 Å². The van der Waals surface area contributed by atoms with Gasteiger partial charge in [0.2, 0.25) is 6.10 Å². The molecule has 7 nitrogen and oxygen atoms in total. The number of ether oxygens (including phenoxy) is 2. The maximum absolute atomic E-state index is 10.8. The Balaban J connectivity index is 2.88. The summed E-state index contributed by atoms with van der Waals surface area (Å²) in [5.74, 6) is -1.08. The summed E-state index contributed by atoms with van der Waals surface area (Å²) in [6.07, 6.45) is -1.20. The topological polar surface area (TPSA) is 98.9 Å². The minimum atomic E-state index is -1.20. The molecule has 0 amide bonds. The van der Waals surface area contributed by atoms with Crippen molar-refractivity contribution >= 4 is 23.3 Å². The fourth-order valence-electron chi connectivity index (χ4n) is 1.18. The number of halogens is 1. The number of carboxylic acid groups (broad SMARTS) is 1. The molecular weight excluding hydrogens is 266 g/mol. The molecule has 98 valence electrons. The van der Waals surface area contributed by atoms with Crippen LogP contribution in [0.4, 0.5) is 5.69 Å². The van der Waals surface area contributed by atoms with Crippen LogP contribution in [0.15, 0.2) is 18.2 Å². The fraction of sp³-hybridized carbons (Fsp3) is 0.300. The van der Waals surface area contributed by atoms with Crippen molar-refractivity contribution in [1.82, 2.24) is 0 Å². The van der Waals surface area contributed by atoms with E-state index in [1.807, 2.05) is 0 Å². The van der Waals surface area contributed by atoms with Crippen molar-refractivity contribution in [2.45, 2.75) is 6.10 Å². The van der Waals surface area contributed by atoms with Crippen LogP contribution in [0, 0.1) is 10.1 Å². The third-order valence-corrected chi connectivity index (χ3v) is 2.29. The number of aliphatic carboxylic acids is 1. The minimum absolute atomic E-state index is 0.120. The van der Waals surface area contributed by atoms with E-state index >= 15 is 0 Å². The Kier molecular flexibility index (Phi) is 4.87. The summed E-state index contributed by atoms with van der Waals surface area (Å²) in [6.45, 7) is -0.149. The number of methoxy groups -OCH3 is 1. The van der Waals surface area contributed by atoms with Gasteiger partial charge in [0.05, 0.1) is 11.5 Å². The molecule has 1 aromatic carbocycles. The lowest BCUT2D eigenvalue weighted by molar-refractivity contribution is -0.384. The van der Waals surface area contributed by atoms with Gasteiger partial charge in [-0.2, -0.15) is 0 Å². The Morgan fingerprint density at radius 3 is 2.72 bits per heavy atom. The minimum Gasteiger partial charge on any atom is -0.478 e. The number of nitrogens with zero attached hydrogens (tertiary/aromatic N) is 1. The normalized spacial score (nSPS) is 11.9. The van der Waals surface area contributed by atoms with Gasteiger partial charge in [-0.15, -0.1) is 0 Å². The highest BCUT2D eigenvalue weighted by Gasteiger charge is 2.20. The molecule has 1 N–H and O–H groups in total. The van der Waals surface area contributed by atoms with Crippen LogP contribution in [-0.2, 0) is 9.53 Å². The van der Waals surface area contributed by atoms with Crippen molar-refractivity contribution in [1.29, 1.82) is 0 Å². The summed E-state index contributed by atoms with van der Waals surface area (Å²) >= 11 is 5.66. The van der Waals surface area contributed by atoms with Crippen molar-refractivity contribution < 1.29 is 24.3 Å². The van der Waals surface area contributed by atoms with E-state index in [9.17, 15) is 14.9 Å². The monoisotopic (exact) mass is 275 g/mol.